The second-order valence-corrected chi connectivity index (χ2v) is 7.05. The molecule has 0 spiro atoms. The number of nitrogens with one attached hydrogen (secondary N) is 2. The van der Waals surface area contributed by atoms with Crippen LogP contribution in [0.15, 0.2) is 54.6 Å². The van der Waals surface area contributed by atoms with E-state index in [0.717, 1.165) is 30.0 Å². The third-order valence-corrected chi connectivity index (χ3v) is 4.75. The predicted octanol–water partition coefficient (Wildman–Crippen LogP) is 3.97. The van der Waals surface area contributed by atoms with Crippen molar-refractivity contribution in [2.45, 2.75) is 25.7 Å². The van der Waals surface area contributed by atoms with E-state index >= 15 is 0 Å². The van der Waals surface area contributed by atoms with E-state index in [2.05, 4.69) is 15.7 Å². The first kappa shape index (κ1) is 18.7. The van der Waals surface area contributed by atoms with Gasteiger partial charge in [-0.25, -0.2) is 4.68 Å². The minimum atomic E-state index is -0.272. The van der Waals surface area contributed by atoms with Gasteiger partial charge in [0.1, 0.15) is 5.75 Å². The standard InChI is InChI=1S/C22H22N4O3/c1-14(27)23-16-5-7-17(8-6-16)24-22(28)20-13-21(15-3-4-15)26(25-20)18-9-11-19(29-2)12-10-18/h5-13,15H,3-4H2,1-2H3,(H,23,27)(H,24,28). The van der Waals surface area contributed by atoms with Crippen molar-refractivity contribution in [3.05, 3.63) is 66.0 Å². The molecule has 0 bridgehead atoms. The molecule has 2 amide bonds. The largest absolute Gasteiger partial charge is 0.497 e. The fraction of sp³-hybridized carbons (Fsp3) is 0.227. The van der Waals surface area contributed by atoms with Gasteiger partial charge < -0.3 is 15.4 Å². The molecule has 1 aliphatic carbocycles. The van der Waals surface area contributed by atoms with Crippen LogP contribution in [0.1, 0.15) is 41.9 Å². The molecule has 2 aromatic carbocycles. The van der Waals surface area contributed by atoms with Gasteiger partial charge in [-0.2, -0.15) is 5.10 Å². The van der Waals surface area contributed by atoms with Gasteiger partial charge in [-0.1, -0.05) is 0 Å². The molecule has 1 fully saturated rings. The number of ether oxygens (including phenoxy) is 1. The molecule has 7 heteroatoms. The van der Waals surface area contributed by atoms with Crippen molar-refractivity contribution in [1.82, 2.24) is 9.78 Å². The lowest BCUT2D eigenvalue weighted by atomic mass is 10.2. The minimum Gasteiger partial charge on any atom is -0.497 e. The second kappa shape index (κ2) is 7.79. The molecule has 7 nitrogen and oxygen atoms in total. The molecule has 1 aliphatic rings. The van der Waals surface area contributed by atoms with Crippen LogP contribution in [0.2, 0.25) is 0 Å². The molecular formula is C22H22N4O3. The Kier molecular flexibility index (Phi) is 5.03. The van der Waals surface area contributed by atoms with Gasteiger partial charge in [0.25, 0.3) is 5.91 Å². The van der Waals surface area contributed by atoms with Crippen LogP contribution in [0.4, 0.5) is 11.4 Å². The summed E-state index contributed by atoms with van der Waals surface area (Å²) in [6.45, 7) is 1.45. The summed E-state index contributed by atoms with van der Waals surface area (Å²) in [7, 11) is 1.63. The van der Waals surface area contributed by atoms with Crippen molar-refractivity contribution in [3.8, 4) is 11.4 Å². The van der Waals surface area contributed by atoms with E-state index in [-0.39, 0.29) is 11.8 Å². The zero-order valence-electron chi connectivity index (χ0n) is 16.3. The van der Waals surface area contributed by atoms with E-state index in [1.165, 1.54) is 6.92 Å². The Balaban J connectivity index is 1.55. The number of hydrogen-bond donors (Lipinski definition) is 2. The Bertz CT molecular complexity index is 1030. The van der Waals surface area contributed by atoms with E-state index in [1.807, 2.05) is 35.0 Å². The van der Waals surface area contributed by atoms with Gasteiger partial charge in [-0.05, 0) is 67.4 Å². The Labute approximate surface area is 168 Å². The lowest BCUT2D eigenvalue weighted by Crippen LogP contribution is -2.13. The molecule has 0 radical (unpaired) electrons. The molecule has 29 heavy (non-hydrogen) atoms. The SMILES string of the molecule is COc1ccc(-n2nc(C(=O)Nc3ccc(NC(C)=O)cc3)cc2C2CC2)cc1. The molecule has 1 saturated carbocycles. The maximum absolute atomic E-state index is 12.7. The number of hydrogen-bond acceptors (Lipinski definition) is 4. The third-order valence-electron chi connectivity index (χ3n) is 4.75. The maximum Gasteiger partial charge on any atom is 0.276 e. The Hall–Kier alpha value is -3.61. The van der Waals surface area contributed by atoms with Crippen molar-refractivity contribution in [2.24, 2.45) is 0 Å². The number of anilines is 2. The first-order valence-electron chi connectivity index (χ1n) is 9.47. The molecule has 1 heterocycles. The zero-order chi connectivity index (χ0) is 20.4. The van der Waals surface area contributed by atoms with Crippen LogP contribution in [-0.4, -0.2) is 28.7 Å². The quantitative estimate of drug-likeness (QED) is 0.667. The Morgan fingerprint density at radius 3 is 2.17 bits per heavy atom. The molecule has 4 rings (SSSR count). The van der Waals surface area contributed by atoms with Crippen LogP contribution < -0.4 is 15.4 Å². The van der Waals surface area contributed by atoms with E-state index in [4.69, 9.17) is 4.74 Å². The van der Waals surface area contributed by atoms with Gasteiger partial charge >= 0.3 is 0 Å². The monoisotopic (exact) mass is 390 g/mol. The van der Waals surface area contributed by atoms with Crippen LogP contribution in [0.3, 0.4) is 0 Å². The van der Waals surface area contributed by atoms with Crippen LogP contribution in [0.5, 0.6) is 5.75 Å². The first-order chi connectivity index (χ1) is 14.0. The number of methoxy groups -OCH3 is 1. The molecule has 1 aromatic heterocycles. The molecule has 0 saturated heterocycles. The minimum absolute atomic E-state index is 0.140. The van der Waals surface area contributed by atoms with Crippen molar-refractivity contribution in [1.29, 1.82) is 0 Å². The van der Waals surface area contributed by atoms with Gasteiger partial charge in [0, 0.05) is 29.9 Å². The third kappa shape index (κ3) is 4.29. The molecule has 0 atom stereocenters. The summed E-state index contributed by atoms with van der Waals surface area (Å²) in [5.41, 5.74) is 3.62. The van der Waals surface area contributed by atoms with Crippen molar-refractivity contribution in [3.63, 3.8) is 0 Å². The summed E-state index contributed by atoms with van der Waals surface area (Å²) in [6.07, 6.45) is 2.21. The van der Waals surface area contributed by atoms with Crippen LogP contribution >= 0.6 is 0 Å². The van der Waals surface area contributed by atoms with E-state index in [9.17, 15) is 9.59 Å². The van der Waals surface area contributed by atoms with Gasteiger partial charge in [-0.3, -0.25) is 9.59 Å². The molecular weight excluding hydrogens is 368 g/mol. The van der Waals surface area contributed by atoms with E-state index in [1.54, 1.807) is 31.4 Å². The summed E-state index contributed by atoms with van der Waals surface area (Å²) >= 11 is 0. The lowest BCUT2D eigenvalue weighted by Gasteiger charge is -2.07. The molecule has 148 valence electrons. The number of benzene rings is 2. The van der Waals surface area contributed by atoms with Crippen LogP contribution in [0, 0.1) is 0 Å². The highest BCUT2D eigenvalue weighted by Crippen LogP contribution is 2.41. The average molecular weight is 390 g/mol. The highest BCUT2D eigenvalue weighted by Gasteiger charge is 2.29. The van der Waals surface area contributed by atoms with Gasteiger partial charge in [-0.15, -0.1) is 0 Å². The molecule has 0 unspecified atom stereocenters. The smallest absolute Gasteiger partial charge is 0.276 e. The fourth-order valence-corrected chi connectivity index (χ4v) is 3.14. The first-order valence-corrected chi connectivity index (χ1v) is 9.47. The molecule has 2 N–H and O–H groups in total. The topological polar surface area (TPSA) is 85.2 Å². The van der Waals surface area contributed by atoms with Crippen molar-refractivity contribution >= 4 is 23.2 Å². The summed E-state index contributed by atoms with van der Waals surface area (Å²) in [6, 6.07) is 16.4. The average Bonchev–Trinajstić information content (AvgIpc) is 3.47. The van der Waals surface area contributed by atoms with Gasteiger partial charge in [0.15, 0.2) is 5.69 Å². The highest BCUT2D eigenvalue weighted by molar-refractivity contribution is 6.03. The van der Waals surface area contributed by atoms with Crippen molar-refractivity contribution < 1.29 is 14.3 Å². The summed E-state index contributed by atoms with van der Waals surface area (Å²) in [4.78, 5) is 23.8. The molecule has 0 aliphatic heterocycles. The zero-order valence-corrected chi connectivity index (χ0v) is 16.3. The summed E-state index contributed by atoms with van der Waals surface area (Å²) < 4.78 is 7.06. The highest BCUT2D eigenvalue weighted by atomic mass is 16.5. The van der Waals surface area contributed by atoms with Gasteiger partial charge in [0.05, 0.1) is 12.8 Å². The fourth-order valence-electron chi connectivity index (χ4n) is 3.14. The lowest BCUT2D eigenvalue weighted by molar-refractivity contribution is -0.114. The summed E-state index contributed by atoms with van der Waals surface area (Å²) in [5, 5.41) is 10.1. The Morgan fingerprint density at radius 2 is 1.62 bits per heavy atom. The molecule has 3 aromatic rings. The normalized spacial score (nSPS) is 13.0. The van der Waals surface area contributed by atoms with E-state index < -0.39 is 0 Å². The second-order valence-electron chi connectivity index (χ2n) is 7.05. The number of amides is 2. The Morgan fingerprint density at radius 1 is 1.00 bits per heavy atom. The van der Waals surface area contributed by atoms with Crippen molar-refractivity contribution in [2.75, 3.05) is 17.7 Å². The number of carbonyl (C=O) groups excluding carboxylic acids is 2. The van der Waals surface area contributed by atoms with E-state index in [0.29, 0.717) is 23.0 Å². The summed E-state index contributed by atoms with van der Waals surface area (Å²) in [5.74, 6) is 0.794. The maximum atomic E-state index is 12.7. The number of aromatic nitrogens is 2. The number of rotatable bonds is 6. The number of carbonyl (C=O) groups is 2. The van der Waals surface area contributed by atoms with Crippen LogP contribution in [-0.2, 0) is 4.79 Å². The van der Waals surface area contributed by atoms with Crippen LogP contribution in [0.25, 0.3) is 5.69 Å². The van der Waals surface area contributed by atoms with Gasteiger partial charge in [0.2, 0.25) is 5.91 Å². The predicted molar refractivity (Wildman–Crippen MR) is 111 cm³/mol. The number of nitrogens with zero attached hydrogens (tertiary/aromatic N) is 2.